The summed E-state index contributed by atoms with van der Waals surface area (Å²) in [5.74, 6) is 0.0222. The van der Waals surface area contributed by atoms with E-state index in [4.69, 9.17) is 0 Å². The number of aryl methyl sites for hydroxylation is 2. The summed E-state index contributed by atoms with van der Waals surface area (Å²) in [5.41, 5.74) is 2.67. The van der Waals surface area contributed by atoms with E-state index in [9.17, 15) is 13.2 Å². The second kappa shape index (κ2) is 6.61. The summed E-state index contributed by atoms with van der Waals surface area (Å²) in [6.07, 6.45) is 0. The van der Waals surface area contributed by atoms with Crippen LogP contribution in [0.25, 0.3) is 0 Å². The number of H-pyrrole nitrogens is 1. The highest BCUT2D eigenvalue weighted by Gasteiger charge is 2.32. The number of nitrogens with one attached hydrogen (secondary N) is 1. The van der Waals surface area contributed by atoms with E-state index >= 15 is 0 Å². The summed E-state index contributed by atoms with van der Waals surface area (Å²) in [5, 5.41) is 6.73. The lowest BCUT2D eigenvalue weighted by Gasteiger charge is -2.35. The van der Waals surface area contributed by atoms with Gasteiger partial charge in [0.05, 0.1) is 11.4 Å². The lowest BCUT2D eigenvalue weighted by molar-refractivity contribution is 0.101. The summed E-state index contributed by atoms with van der Waals surface area (Å²) < 4.78 is 27.3. The van der Waals surface area contributed by atoms with Crippen molar-refractivity contribution in [3.05, 3.63) is 41.2 Å². The number of benzene rings is 1. The number of piperazine rings is 1. The van der Waals surface area contributed by atoms with Gasteiger partial charge in [-0.05, 0) is 32.9 Å². The van der Waals surface area contributed by atoms with Crippen molar-refractivity contribution in [1.82, 2.24) is 14.5 Å². The fourth-order valence-electron chi connectivity index (χ4n) is 3.16. The van der Waals surface area contributed by atoms with Gasteiger partial charge in [0.2, 0.25) is 10.0 Å². The third-order valence-electron chi connectivity index (χ3n) is 4.51. The summed E-state index contributed by atoms with van der Waals surface area (Å²) in [6.45, 7) is 6.91. The average molecular weight is 362 g/mol. The summed E-state index contributed by atoms with van der Waals surface area (Å²) in [4.78, 5) is 13.9. The molecule has 1 saturated heterocycles. The molecule has 134 valence electrons. The Balaban J connectivity index is 1.76. The van der Waals surface area contributed by atoms with Crippen LogP contribution >= 0.6 is 0 Å². The molecule has 0 saturated carbocycles. The Bertz CT molecular complexity index is 877. The maximum absolute atomic E-state index is 12.9. The Morgan fingerprint density at radius 1 is 1.16 bits per heavy atom. The van der Waals surface area contributed by atoms with Gasteiger partial charge >= 0.3 is 0 Å². The maximum Gasteiger partial charge on any atom is 0.246 e. The fourth-order valence-corrected chi connectivity index (χ4v) is 4.91. The molecule has 1 fully saturated rings. The number of carbonyl (C=O) groups excluding carboxylic acids is 1. The van der Waals surface area contributed by atoms with Crippen LogP contribution in [0.5, 0.6) is 0 Å². The largest absolute Gasteiger partial charge is 0.369 e. The monoisotopic (exact) mass is 362 g/mol. The van der Waals surface area contributed by atoms with Gasteiger partial charge in [0.25, 0.3) is 0 Å². The number of hydrogen-bond donors (Lipinski definition) is 1. The zero-order valence-corrected chi connectivity index (χ0v) is 15.4. The molecule has 1 aromatic heterocycles. The number of hydrogen-bond acceptors (Lipinski definition) is 5. The average Bonchev–Trinajstić information content (AvgIpc) is 2.94. The van der Waals surface area contributed by atoms with Crippen LogP contribution in [0.1, 0.15) is 28.7 Å². The minimum absolute atomic E-state index is 0.0222. The Labute approximate surface area is 147 Å². The molecule has 3 rings (SSSR count). The van der Waals surface area contributed by atoms with Crippen molar-refractivity contribution in [2.45, 2.75) is 25.7 Å². The molecule has 1 aliphatic rings. The Morgan fingerprint density at radius 3 is 2.40 bits per heavy atom. The minimum atomic E-state index is -3.55. The molecule has 1 aliphatic heterocycles. The number of Topliss-reactive ketones (excluding diaryl/α,β-unsaturated/α-hetero) is 1. The van der Waals surface area contributed by atoms with Crippen molar-refractivity contribution in [1.29, 1.82) is 0 Å². The van der Waals surface area contributed by atoms with E-state index in [1.165, 1.54) is 4.31 Å². The van der Waals surface area contributed by atoms with Crippen LogP contribution < -0.4 is 4.90 Å². The molecule has 0 amide bonds. The highest BCUT2D eigenvalue weighted by Crippen LogP contribution is 2.24. The molecule has 8 heteroatoms. The van der Waals surface area contributed by atoms with Gasteiger partial charge in [-0.1, -0.05) is 12.1 Å². The molecule has 0 radical (unpaired) electrons. The van der Waals surface area contributed by atoms with Crippen molar-refractivity contribution >= 4 is 21.5 Å². The second-order valence-corrected chi connectivity index (χ2v) is 8.14. The van der Waals surface area contributed by atoms with E-state index in [-0.39, 0.29) is 10.7 Å². The molecule has 1 aromatic carbocycles. The topological polar surface area (TPSA) is 86.4 Å². The second-order valence-electron chi connectivity index (χ2n) is 6.26. The number of rotatable bonds is 4. The first kappa shape index (κ1) is 17.6. The van der Waals surface area contributed by atoms with E-state index in [0.717, 1.165) is 5.69 Å². The van der Waals surface area contributed by atoms with Crippen LogP contribution in [0.15, 0.2) is 29.2 Å². The quantitative estimate of drug-likeness (QED) is 0.837. The van der Waals surface area contributed by atoms with Gasteiger partial charge in [-0.3, -0.25) is 9.89 Å². The van der Waals surface area contributed by atoms with Crippen LogP contribution in [-0.2, 0) is 10.0 Å². The third-order valence-corrected chi connectivity index (χ3v) is 6.68. The molecule has 25 heavy (non-hydrogen) atoms. The first-order valence-corrected chi connectivity index (χ1v) is 9.62. The van der Waals surface area contributed by atoms with Crippen molar-refractivity contribution in [2.75, 3.05) is 31.1 Å². The van der Waals surface area contributed by atoms with E-state index in [0.29, 0.717) is 43.1 Å². The molecule has 1 N–H and O–H groups in total. The van der Waals surface area contributed by atoms with Crippen LogP contribution in [0.3, 0.4) is 0 Å². The van der Waals surface area contributed by atoms with Gasteiger partial charge in [-0.25, -0.2) is 8.42 Å². The lowest BCUT2D eigenvalue weighted by Crippen LogP contribution is -2.48. The first-order valence-electron chi connectivity index (χ1n) is 8.18. The van der Waals surface area contributed by atoms with Gasteiger partial charge < -0.3 is 4.90 Å². The van der Waals surface area contributed by atoms with Crippen molar-refractivity contribution < 1.29 is 13.2 Å². The molecule has 2 heterocycles. The normalized spacial score (nSPS) is 16.2. The zero-order chi connectivity index (χ0) is 18.2. The van der Waals surface area contributed by atoms with Crippen molar-refractivity contribution in [3.8, 4) is 0 Å². The molecule has 0 atom stereocenters. The SMILES string of the molecule is CC(=O)c1cccc(N2CCN(S(=O)(=O)c3c(C)n[nH]c3C)CC2)c1. The highest BCUT2D eigenvalue weighted by molar-refractivity contribution is 7.89. The zero-order valence-electron chi connectivity index (χ0n) is 14.6. The van der Waals surface area contributed by atoms with E-state index in [2.05, 4.69) is 15.1 Å². The maximum atomic E-state index is 12.9. The molecule has 0 aliphatic carbocycles. The smallest absolute Gasteiger partial charge is 0.246 e. The Hall–Kier alpha value is -2.19. The van der Waals surface area contributed by atoms with Gasteiger partial charge in [-0.15, -0.1) is 0 Å². The molecule has 0 unspecified atom stereocenters. The number of anilines is 1. The summed E-state index contributed by atoms with van der Waals surface area (Å²) in [6, 6.07) is 7.45. The summed E-state index contributed by atoms with van der Waals surface area (Å²) in [7, 11) is -3.55. The van der Waals surface area contributed by atoms with Gasteiger partial charge in [0.1, 0.15) is 4.90 Å². The van der Waals surface area contributed by atoms with Crippen LogP contribution in [0.4, 0.5) is 5.69 Å². The minimum Gasteiger partial charge on any atom is -0.369 e. The van der Waals surface area contributed by atoms with Crippen LogP contribution in [0, 0.1) is 13.8 Å². The predicted molar refractivity (Wildman–Crippen MR) is 95.5 cm³/mol. The Morgan fingerprint density at radius 2 is 1.84 bits per heavy atom. The third kappa shape index (κ3) is 3.32. The molecule has 0 spiro atoms. The molecule has 0 bridgehead atoms. The van der Waals surface area contributed by atoms with E-state index in [1.807, 2.05) is 18.2 Å². The number of ketones is 1. The number of aromatic nitrogens is 2. The number of aromatic amines is 1. The number of carbonyl (C=O) groups is 1. The molecule has 2 aromatic rings. The molecular formula is C17H22N4O3S. The predicted octanol–water partition coefficient (Wildman–Crippen LogP) is 1.74. The van der Waals surface area contributed by atoms with Crippen molar-refractivity contribution in [3.63, 3.8) is 0 Å². The van der Waals surface area contributed by atoms with E-state index in [1.54, 1.807) is 26.8 Å². The molecular weight excluding hydrogens is 340 g/mol. The first-order chi connectivity index (χ1) is 11.8. The highest BCUT2D eigenvalue weighted by atomic mass is 32.2. The fraction of sp³-hybridized carbons (Fsp3) is 0.412. The van der Waals surface area contributed by atoms with Gasteiger partial charge in [0.15, 0.2) is 5.78 Å². The van der Waals surface area contributed by atoms with Gasteiger partial charge in [0, 0.05) is 37.4 Å². The number of sulfonamides is 1. The van der Waals surface area contributed by atoms with Crippen molar-refractivity contribution in [2.24, 2.45) is 0 Å². The van der Waals surface area contributed by atoms with Crippen LogP contribution in [0.2, 0.25) is 0 Å². The van der Waals surface area contributed by atoms with Gasteiger partial charge in [-0.2, -0.15) is 9.40 Å². The van der Waals surface area contributed by atoms with E-state index < -0.39 is 10.0 Å². The van der Waals surface area contributed by atoms with Crippen LogP contribution in [-0.4, -0.2) is 54.9 Å². The standard InChI is InChI=1S/C17H22N4O3S/c1-12-17(13(2)19-18-12)25(23,24)21-9-7-20(8-10-21)16-6-4-5-15(11-16)14(3)22/h4-6,11H,7-10H2,1-3H3,(H,18,19). The Kier molecular flexibility index (Phi) is 4.66. The lowest BCUT2D eigenvalue weighted by atomic mass is 10.1. The molecule has 7 nitrogen and oxygen atoms in total. The summed E-state index contributed by atoms with van der Waals surface area (Å²) >= 11 is 0. The number of nitrogens with zero attached hydrogens (tertiary/aromatic N) is 3.